The second-order valence-electron chi connectivity index (χ2n) is 3.13. The molecule has 0 aromatic heterocycles. The zero-order valence-corrected chi connectivity index (χ0v) is 10.1. The van der Waals surface area contributed by atoms with E-state index in [9.17, 15) is 10.2 Å². The first-order valence-electron chi connectivity index (χ1n) is 3.93. The van der Waals surface area contributed by atoms with Crippen molar-refractivity contribution in [3.05, 3.63) is 0 Å². The van der Waals surface area contributed by atoms with Gasteiger partial charge < -0.3 is 20.0 Å². The first kappa shape index (κ1) is 19.0. The van der Waals surface area contributed by atoms with Crippen LogP contribution in [0, 0.1) is 0 Å². The van der Waals surface area contributed by atoms with Gasteiger partial charge >= 0.3 is 17.1 Å². The Labute approximate surface area is 92.0 Å². The van der Waals surface area contributed by atoms with Gasteiger partial charge in [-0.2, -0.15) is 0 Å². The van der Waals surface area contributed by atoms with Crippen LogP contribution in [-0.4, -0.2) is 50.4 Å². The molecule has 1 radical (unpaired) electrons. The van der Waals surface area contributed by atoms with Gasteiger partial charge in [-0.25, -0.2) is 0 Å². The Morgan fingerprint density at radius 2 is 0.846 bits per heavy atom. The van der Waals surface area contributed by atoms with E-state index in [-0.39, 0.29) is 17.1 Å². The van der Waals surface area contributed by atoms with E-state index in [0.717, 1.165) is 0 Å². The van der Waals surface area contributed by atoms with Gasteiger partial charge in [-0.05, 0) is 28.2 Å². The Morgan fingerprint density at radius 1 is 0.769 bits per heavy atom. The van der Waals surface area contributed by atoms with Crippen molar-refractivity contribution >= 4 is 0 Å². The summed E-state index contributed by atoms with van der Waals surface area (Å²) in [5, 5.41) is 20.3. The third kappa shape index (κ3) is 19.0. The molecule has 0 aromatic carbocycles. The summed E-state index contributed by atoms with van der Waals surface area (Å²) in [4.78, 5) is 3.22. The van der Waals surface area contributed by atoms with Crippen molar-refractivity contribution < 1.29 is 27.3 Å². The smallest absolute Gasteiger partial charge is 0.841 e. The molecule has 85 valence electrons. The van der Waals surface area contributed by atoms with Gasteiger partial charge in [0.1, 0.15) is 0 Å². The van der Waals surface area contributed by atoms with Crippen LogP contribution in [0.1, 0.15) is 13.8 Å². The molecule has 4 nitrogen and oxygen atoms in total. The van der Waals surface area contributed by atoms with Crippen molar-refractivity contribution in [2.24, 2.45) is 0 Å². The van der Waals surface area contributed by atoms with Gasteiger partial charge in [-0.15, -0.1) is 0 Å². The number of hydrogen-bond donors (Lipinski definition) is 0. The molecule has 0 amide bonds. The van der Waals surface area contributed by atoms with E-state index < -0.39 is 12.5 Å². The van der Waals surface area contributed by atoms with E-state index in [2.05, 4.69) is 0 Å². The van der Waals surface area contributed by atoms with Crippen LogP contribution in [0.2, 0.25) is 0 Å². The average Bonchev–Trinajstić information content (AvgIpc) is 1.88. The monoisotopic (exact) mass is 239 g/mol. The first-order valence-corrected chi connectivity index (χ1v) is 3.93. The summed E-state index contributed by atoms with van der Waals surface area (Å²) < 4.78 is 0. The zero-order chi connectivity index (χ0) is 10.3. The van der Waals surface area contributed by atoms with Crippen LogP contribution in [0.5, 0.6) is 0 Å². The predicted molar refractivity (Wildman–Crippen MR) is 46.3 cm³/mol. The SMILES string of the molecule is CC([O-])N(C)C.CC([O-])N(C)C.[Cu+2]. The Hall–Kier alpha value is 0.359. The molecule has 2 unspecified atom stereocenters. The molecule has 0 rings (SSSR count). The molecule has 0 aliphatic carbocycles. The van der Waals surface area contributed by atoms with Crippen LogP contribution in [-0.2, 0) is 17.1 Å². The van der Waals surface area contributed by atoms with Gasteiger partial charge in [0.2, 0.25) is 0 Å². The van der Waals surface area contributed by atoms with Gasteiger partial charge in [-0.3, -0.25) is 0 Å². The summed E-state index contributed by atoms with van der Waals surface area (Å²) in [6.07, 6.45) is -1.13. The number of hydrogen-bond acceptors (Lipinski definition) is 4. The molecule has 0 bridgehead atoms. The fourth-order valence-corrected chi connectivity index (χ4v) is 0. The standard InChI is InChI=1S/2C4H10NO.Cu/c2*1-4(6)5(2)3;/h2*4H,1-3H3;/q2*-1;+2. The summed E-state index contributed by atoms with van der Waals surface area (Å²) in [6, 6.07) is 0. The number of nitrogens with zero attached hydrogens (tertiary/aromatic N) is 2. The Morgan fingerprint density at radius 3 is 0.846 bits per heavy atom. The minimum atomic E-state index is -0.565. The largest absolute Gasteiger partial charge is 2.00 e. The molecule has 13 heavy (non-hydrogen) atoms. The molecule has 0 spiro atoms. The van der Waals surface area contributed by atoms with Gasteiger partial charge in [-0.1, -0.05) is 26.3 Å². The van der Waals surface area contributed by atoms with Crippen LogP contribution < -0.4 is 10.2 Å². The summed E-state index contributed by atoms with van der Waals surface area (Å²) in [5.74, 6) is 0. The van der Waals surface area contributed by atoms with Crippen LogP contribution in [0.4, 0.5) is 0 Å². The molecule has 0 heterocycles. The molecular weight excluding hydrogens is 220 g/mol. The van der Waals surface area contributed by atoms with Crippen LogP contribution >= 0.6 is 0 Å². The fraction of sp³-hybridized carbons (Fsp3) is 1.00. The van der Waals surface area contributed by atoms with Gasteiger partial charge in [0, 0.05) is 0 Å². The third-order valence-electron chi connectivity index (χ3n) is 1.45. The summed E-state index contributed by atoms with van der Waals surface area (Å²) in [7, 11) is 7.05. The first-order chi connectivity index (χ1) is 5.29. The summed E-state index contributed by atoms with van der Waals surface area (Å²) in [5.41, 5.74) is 0. The van der Waals surface area contributed by atoms with Crippen molar-refractivity contribution in [2.75, 3.05) is 28.2 Å². The van der Waals surface area contributed by atoms with Crippen molar-refractivity contribution in [2.45, 2.75) is 26.3 Å². The minimum absolute atomic E-state index is 0. The predicted octanol–water partition coefficient (Wildman–Crippen LogP) is -1.49. The molecule has 2 atom stereocenters. The Kier molecular flexibility index (Phi) is 15.3. The molecule has 5 heteroatoms. The average molecular weight is 240 g/mol. The summed E-state index contributed by atoms with van der Waals surface area (Å²) in [6.45, 7) is 3.22. The van der Waals surface area contributed by atoms with E-state index in [4.69, 9.17) is 0 Å². The molecule has 0 aromatic rings. The maximum absolute atomic E-state index is 10.2. The van der Waals surface area contributed by atoms with Crippen molar-refractivity contribution in [3.63, 3.8) is 0 Å². The second kappa shape index (κ2) is 10.4. The summed E-state index contributed by atoms with van der Waals surface area (Å²) >= 11 is 0. The van der Waals surface area contributed by atoms with Crippen molar-refractivity contribution in [1.82, 2.24) is 9.80 Å². The van der Waals surface area contributed by atoms with Gasteiger partial charge in [0.05, 0.1) is 0 Å². The van der Waals surface area contributed by atoms with Gasteiger partial charge in [0.25, 0.3) is 0 Å². The van der Waals surface area contributed by atoms with E-state index in [1.165, 1.54) is 0 Å². The van der Waals surface area contributed by atoms with E-state index in [0.29, 0.717) is 0 Å². The molecule has 0 fully saturated rings. The molecule has 0 N–H and O–H groups in total. The maximum Gasteiger partial charge on any atom is 2.00 e. The molecule has 0 saturated carbocycles. The molecule has 0 aliphatic rings. The van der Waals surface area contributed by atoms with Gasteiger partial charge in [0.15, 0.2) is 0 Å². The molecule has 0 aliphatic heterocycles. The third-order valence-corrected chi connectivity index (χ3v) is 1.45. The molecule has 0 saturated heterocycles. The number of rotatable bonds is 2. The van der Waals surface area contributed by atoms with Crippen LogP contribution in [0.3, 0.4) is 0 Å². The Bertz CT molecular complexity index is 74.1. The molecular formula is C8H20CuN2O2. The topological polar surface area (TPSA) is 52.6 Å². The fourth-order valence-electron chi connectivity index (χ4n) is 0. The minimum Gasteiger partial charge on any atom is -0.841 e. The normalized spacial score (nSPS) is 14.3. The maximum atomic E-state index is 10.2. The van der Waals surface area contributed by atoms with E-state index in [1.807, 2.05) is 0 Å². The second-order valence-corrected chi connectivity index (χ2v) is 3.13. The van der Waals surface area contributed by atoms with Crippen molar-refractivity contribution in [3.8, 4) is 0 Å². The van der Waals surface area contributed by atoms with E-state index >= 15 is 0 Å². The quantitative estimate of drug-likeness (QED) is 0.435. The van der Waals surface area contributed by atoms with E-state index in [1.54, 1.807) is 51.8 Å². The zero-order valence-electron chi connectivity index (χ0n) is 9.17. The van der Waals surface area contributed by atoms with Crippen LogP contribution in [0.25, 0.3) is 0 Å². The van der Waals surface area contributed by atoms with Crippen LogP contribution in [0.15, 0.2) is 0 Å². The van der Waals surface area contributed by atoms with Crippen molar-refractivity contribution in [1.29, 1.82) is 0 Å². The Balaban J connectivity index is -0.000000143.